The molecule has 0 atom stereocenters. The second kappa shape index (κ2) is 25.5. The zero-order chi connectivity index (χ0) is 62.8. The molecule has 10 heteroatoms. The van der Waals surface area contributed by atoms with Crippen LogP contribution >= 0.6 is 15.9 Å². The van der Waals surface area contributed by atoms with Crippen molar-refractivity contribution in [2.45, 2.75) is 27.7 Å². The van der Waals surface area contributed by atoms with Gasteiger partial charge in [0.05, 0.1) is 44.8 Å². The van der Waals surface area contributed by atoms with Crippen LogP contribution in [0.4, 0.5) is 0 Å². The lowest BCUT2D eigenvalue weighted by Crippen LogP contribution is -2.29. The Morgan fingerprint density at radius 3 is 0.870 bits per heavy atom. The molecule has 4 aromatic heterocycles. The van der Waals surface area contributed by atoms with Gasteiger partial charge in [0.15, 0.2) is 0 Å². The zero-order valence-corrected chi connectivity index (χ0v) is 52.7. The van der Waals surface area contributed by atoms with Crippen LogP contribution in [0.5, 0.6) is 0 Å². The first kappa shape index (κ1) is 58.8. The number of fused-ring (bicyclic) bond motifs is 6. The van der Waals surface area contributed by atoms with Gasteiger partial charge in [0.1, 0.15) is 0 Å². The van der Waals surface area contributed by atoms with Crippen molar-refractivity contribution >= 4 is 93.7 Å². The highest BCUT2D eigenvalue weighted by Crippen LogP contribution is 2.46. The highest BCUT2D eigenvalue weighted by atomic mass is 79.9. The molecule has 2 N–H and O–H groups in total. The van der Waals surface area contributed by atoms with E-state index in [4.69, 9.17) is 24.9 Å². The topological polar surface area (TPSA) is 118 Å². The molecule has 0 unspecified atom stereocenters. The third-order valence-electron chi connectivity index (χ3n) is 17.0. The lowest BCUT2D eigenvalue weighted by Gasteiger charge is -2.19. The van der Waals surface area contributed by atoms with Gasteiger partial charge in [-0.3, -0.25) is 9.97 Å². The Balaban J connectivity index is 0.000000130. The fraction of sp³-hybridized carbons (Fsp3) is 0.0488. The molecule has 0 aliphatic heterocycles. The van der Waals surface area contributed by atoms with E-state index in [0.29, 0.717) is 5.46 Å². The standard InChI is InChI=1S/C41H29N3.C21H16BrN.C20H15BN2O2/c1-26-20-25-31(27(2)42-26)39-34-16-8-6-14-32(34)38(33-15-7-9-17-35(33)39)28-21-23-30(24-22-28)41-40(29-12-4-3-5-13-29)43-36-18-10-11-19-37(36)44-41;1-13-11-12-15(14(2)23-13)20-16-7-3-5-9-18(16)21(22)19-10-6-4-8-17(19)20;24-21(25)16-12-10-15(11-13-16)20-19(14-6-2-1-3-7-14)22-17-8-4-5-9-18(17)23-20/h3-25H,1-2H3;3-12H,1-2H3;1-13,24-25H. The smallest absolute Gasteiger partial charge is 0.423 e. The van der Waals surface area contributed by atoms with Crippen LogP contribution in [-0.4, -0.2) is 47.1 Å². The average molecular weight is 1250 g/mol. The van der Waals surface area contributed by atoms with Crippen LogP contribution in [0.15, 0.2) is 284 Å². The SMILES string of the molecule is Cc1ccc(-c2c3ccccc3c(-c3ccc(-c4nc5ccccc5nc4-c4ccccc4)cc3)c3ccccc23)c(C)n1.Cc1ccc(-c2c3ccccc3c(Br)c3ccccc23)c(C)n1.OB(O)c1ccc(-c2nc3ccccc3nc2-c2ccccc2)cc1. The van der Waals surface area contributed by atoms with Crippen molar-refractivity contribution in [3.05, 3.63) is 306 Å². The molecule has 16 aromatic rings. The van der Waals surface area contributed by atoms with E-state index >= 15 is 0 Å². The zero-order valence-electron chi connectivity index (χ0n) is 51.1. The van der Waals surface area contributed by atoms with Crippen molar-refractivity contribution in [3.8, 4) is 78.4 Å². The number of rotatable bonds is 8. The molecule has 16 rings (SSSR count). The van der Waals surface area contributed by atoms with E-state index in [1.807, 2.05) is 123 Å². The molecular formula is C82H60BBrN6O2. The first-order chi connectivity index (χ1) is 45.0. The molecule has 4 heterocycles. The number of benzene rings is 12. The lowest BCUT2D eigenvalue weighted by molar-refractivity contribution is 0.426. The quantitative estimate of drug-likeness (QED) is 0.114. The number of hydrogen-bond acceptors (Lipinski definition) is 8. The van der Waals surface area contributed by atoms with Gasteiger partial charge in [-0.05, 0) is 151 Å². The second-order valence-electron chi connectivity index (χ2n) is 22.9. The second-order valence-corrected chi connectivity index (χ2v) is 23.7. The predicted octanol–water partition coefficient (Wildman–Crippen LogP) is 19.7. The van der Waals surface area contributed by atoms with Gasteiger partial charge < -0.3 is 10.0 Å². The van der Waals surface area contributed by atoms with E-state index in [2.05, 4.69) is 192 Å². The van der Waals surface area contributed by atoms with E-state index < -0.39 is 7.12 Å². The van der Waals surface area contributed by atoms with Crippen molar-refractivity contribution in [2.24, 2.45) is 0 Å². The number of para-hydroxylation sites is 4. The van der Waals surface area contributed by atoms with Crippen LogP contribution in [0, 0.1) is 27.7 Å². The lowest BCUT2D eigenvalue weighted by atomic mass is 9.80. The van der Waals surface area contributed by atoms with E-state index in [0.717, 1.165) is 94.3 Å². The first-order valence-electron chi connectivity index (χ1n) is 30.7. The molecule has 0 bridgehead atoms. The van der Waals surface area contributed by atoms with E-state index in [-0.39, 0.29) is 0 Å². The van der Waals surface area contributed by atoms with Crippen LogP contribution in [0.25, 0.3) is 144 Å². The normalized spacial score (nSPS) is 11.2. The number of aryl methyl sites for hydroxylation is 4. The van der Waals surface area contributed by atoms with Crippen LogP contribution in [0.2, 0.25) is 0 Å². The van der Waals surface area contributed by atoms with E-state index in [1.54, 1.807) is 12.1 Å². The molecule has 0 aliphatic carbocycles. The Morgan fingerprint density at radius 2 is 0.533 bits per heavy atom. The van der Waals surface area contributed by atoms with Crippen LogP contribution in [0.3, 0.4) is 0 Å². The molecule has 12 aromatic carbocycles. The molecule has 0 amide bonds. The Kier molecular flexibility index (Phi) is 16.3. The number of nitrogens with zero attached hydrogens (tertiary/aromatic N) is 6. The summed E-state index contributed by atoms with van der Waals surface area (Å²) in [6.45, 7) is 8.28. The van der Waals surface area contributed by atoms with Crippen molar-refractivity contribution in [3.63, 3.8) is 0 Å². The Labute approximate surface area is 542 Å². The molecule has 0 fully saturated rings. The van der Waals surface area contributed by atoms with Crippen molar-refractivity contribution in [1.29, 1.82) is 0 Å². The van der Waals surface area contributed by atoms with Crippen molar-refractivity contribution in [1.82, 2.24) is 29.9 Å². The summed E-state index contributed by atoms with van der Waals surface area (Å²) in [5, 5.41) is 28.5. The number of pyridine rings is 2. The molecule has 92 heavy (non-hydrogen) atoms. The van der Waals surface area contributed by atoms with E-state index in [1.165, 1.54) is 76.5 Å². The van der Waals surface area contributed by atoms with Crippen LogP contribution in [-0.2, 0) is 0 Å². The molecule has 440 valence electrons. The molecule has 0 saturated heterocycles. The fourth-order valence-electron chi connectivity index (χ4n) is 12.6. The first-order valence-corrected chi connectivity index (χ1v) is 31.5. The minimum Gasteiger partial charge on any atom is -0.423 e. The number of hydrogen-bond donors (Lipinski definition) is 2. The van der Waals surface area contributed by atoms with Gasteiger partial charge in [-0.15, -0.1) is 0 Å². The Hall–Kier alpha value is -10.9. The minimum absolute atomic E-state index is 0.443. The molecule has 8 nitrogen and oxygen atoms in total. The van der Waals surface area contributed by atoms with Gasteiger partial charge in [0, 0.05) is 60.6 Å². The summed E-state index contributed by atoms with van der Waals surface area (Å²) in [4.78, 5) is 29.3. The molecular weight excluding hydrogens is 1190 g/mol. The third kappa shape index (κ3) is 11.5. The van der Waals surface area contributed by atoms with Gasteiger partial charge >= 0.3 is 7.12 Å². The van der Waals surface area contributed by atoms with Gasteiger partial charge in [-0.1, -0.05) is 243 Å². The summed E-state index contributed by atoms with van der Waals surface area (Å²) >= 11 is 3.80. The minimum atomic E-state index is -1.48. The summed E-state index contributed by atoms with van der Waals surface area (Å²) in [6, 6.07) is 95.2. The summed E-state index contributed by atoms with van der Waals surface area (Å²) in [7, 11) is -1.48. The Bertz CT molecular complexity index is 5320. The average Bonchev–Trinajstić information content (AvgIpc) is 0.784. The monoisotopic (exact) mass is 1250 g/mol. The Morgan fingerprint density at radius 1 is 0.261 bits per heavy atom. The van der Waals surface area contributed by atoms with Gasteiger partial charge in [-0.25, -0.2) is 19.9 Å². The maximum Gasteiger partial charge on any atom is 0.488 e. The fourth-order valence-corrected chi connectivity index (χ4v) is 13.3. The van der Waals surface area contributed by atoms with Gasteiger partial charge in [0.25, 0.3) is 0 Å². The van der Waals surface area contributed by atoms with Crippen LogP contribution in [0.1, 0.15) is 22.8 Å². The molecule has 0 saturated carbocycles. The maximum absolute atomic E-state index is 9.29. The van der Waals surface area contributed by atoms with E-state index in [9.17, 15) is 10.0 Å². The summed E-state index contributed by atoms with van der Waals surface area (Å²) < 4.78 is 1.16. The molecule has 0 radical (unpaired) electrons. The van der Waals surface area contributed by atoms with Gasteiger partial charge in [0.2, 0.25) is 0 Å². The third-order valence-corrected chi connectivity index (χ3v) is 17.8. The maximum atomic E-state index is 9.29. The summed E-state index contributed by atoms with van der Waals surface area (Å²) in [6.07, 6.45) is 0. The largest absolute Gasteiger partial charge is 0.488 e. The number of halogens is 1. The number of aromatic nitrogens is 6. The summed E-state index contributed by atoms with van der Waals surface area (Å²) in [5.41, 5.74) is 22.7. The van der Waals surface area contributed by atoms with Crippen molar-refractivity contribution < 1.29 is 10.0 Å². The highest BCUT2D eigenvalue weighted by molar-refractivity contribution is 9.10. The predicted molar refractivity (Wildman–Crippen MR) is 386 cm³/mol. The summed E-state index contributed by atoms with van der Waals surface area (Å²) in [5.74, 6) is 0. The van der Waals surface area contributed by atoms with Crippen LogP contribution < -0.4 is 5.46 Å². The molecule has 0 spiro atoms. The molecule has 0 aliphatic rings. The highest BCUT2D eigenvalue weighted by Gasteiger charge is 2.21. The van der Waals surface area contributed by atoms with Gasteiger partial charge in [-0.2, -0.15) is 0 Å². The van der Waals surface area contributed by atoms with Crippen molar-refractivity contribution in [2.75, 3.05) is 0 Å².